The van der Waals surface area contributed by atoms with Gasteiger partial charge in [-0.05, 0) is 6.92 Å². The van der Waals surface area contributed by atoms with E-state index in [-0.39, 0.29) is 0 Å². The summed E-state index contributed by atoms with van der Waals surface area (Å²) in [4.78, 5) is 0.609. The first-order valence-electron chi connectivity index (χ1n) is 3.72. The summed E-state index contributed by atoms with van der Waals surface area (Å²) in [5.41, 5.74) is 5.97. The van der Waals surface area contributed by atoms with Crippen LogP contribution in [-0.2, 0) is 4.74 Å². The molecule has 0 spiro atoms. The van der Waals surface area contributed by atoms with Crippen molar-refractivity contribution in [3.05, 3.63) is 0 Å². The summed E-state index contributed by atoms with van der Waals surface area (Å²) in [5.74, 6) is 0. The lowest BCUT2D eigenvalue weighted by atomic mass is 10.4. The molecule has 0 fully saturated rings. The van der Waals surface area contributed by atoms with E-state index in [4.69, 9.17) is 17.0 Å². The number of thiocarbonyl (C=S) groups is 1. The van der Waals surface area contributed by atoms with E-state index >= 15 is 0 Å². The van der Waals surface area contributed by atoms with Crippen LogP contribution in [0.3, 0.4) is 0 Å². The Morgan fingerprint density at radius 3 is 2.77 bits per heavy atom. The maximum atomic E-state index is 4.89. The van der Waals surface area contributed by atoms with Gasteiger partial charge in [-0.3, -0.25) is 5.43 Å². The fourth-order valence-electron chi connectivity index (χ4n) is 0.588. The first-order valence-corrected chi connectivity index (χ1v) is 4.13. The largest absolute Gasteiger partial charge is 0.378 e. The summed E-state index contributed by atoms with van der Waals surface area (Å²) in [6, 6.07) is 0. The van der Waals surface area contributed by atoms with Gasteiger partial charge in [0.25, 0.3) is 0 Å². The highest BCUT2D eigenvalue weighted by Crippen LogP contribution is 1.75. The van der Waals surface area contributed by atoms with Gasteiger partial charge in [-0.1, -0.05) is 12.2 Å². The van der Waals surface area contributed by atoms with E-state index < -0.39 is 0 Å². The van der Waals surface area contributed by atoms with Crippen LogP contribution < -0.4 is 10.9 Å². The Balaban J connectivity index is 4.01. The first kappa shape index (κ1) is 12.0. The SMILES string of the molecule is CN/N=C(/C=N\NC(C)=S)COC. The zero-order valence-electron chi connectivity index (χ0n) is 8.00. The molecule has 5 nitrogen and oxygen atoms in total. The highest BCUT2D eigenvalue weighted by molar-refractivity contribution is 7.80. The predicted molar refractivity (Wildman–Crippen MR) is 58.3 cm³/mol. The van der Waals surface area contributed by atoms with Gasteiger partial charge in [-0.2, -0.15) is 10.2 Å². The zero-order chi connectivity index (χ0) is 10.1. The van der Waals surface area contributed by atoms with Crippen LogP contribution >= 0.6 is 12.2 Å². The van der Waals surface area contributed by atoms with Gasteiger partial charge >= 0.3 is 0 Å². The van der Waals surface area contributed by atoms with Crippen LogP contribution in [0, 0.1) is 0 Å². The summed E-state index contributed by atoms with van der Waals surface area (Å²) >= 11 is 4.77. The molecule has 0 saturated heterocycles. The van der Waals surface area contributed by atoms with Gasteiger partial charge in [0.15, 0.2) is 0 Å². The molecule has 13 heavy (non-hydrogen) atoms. The van der Waals surface area contributed by atoms with Crippen LogP contribution in [-0.4, -0.2) is 37.7 Å². The van der Waals surface area contributed by atoms with Crippen molar-refractivity contribution in [1.29, 1.82) is 0 Å². The Morgan fingerprint density at radius 2 is 2.31 bits per heavy atom. The van der Waals surface area contributed by atoms with E-state index in [1.807, 2.05) is 0 Å². The third kappa shape index (κ3) is 7.35. The lowest BCUT2D eigenvalue weighted by molar-refractivity contribution is 0.246. The van der Waals surface area contributed by atoms with Crippen molar-refractivity contribution in [3.8, 4) is 0 Å². The van der Waals surface area contributed by atoms with Crippen molar-refractivity contribution in [2.45, 2.75) is 6.92 Å². The van der Waals surface area contributed by atoms with E-state index in [2.05, 4.69) is 21.1 Å². The average molecular weight is 202 g/mol. The minimum Gasteiger partial charge on any atom is -0.378 e. The van der Waals surface area contributed by atoms with Crippen molar-refractivity contribution < 1.29 is 4.74 Å². The summed E-state index contributed by atoms with van der Waals surface area (Å²) in [6.07, 6.45) is 1.55. The highest BCUT2D eigenvalue weighted by atomic mass is 32.1. The average Bonchev–Trinajstić information content (AvgIpc) is 2.04. The predicted octanol–water partition coefficient (Wildman–Crippen LogP) is 0.131. The molecule has 0 amide bonds. The van der Waals surface area contributed by atoms with E-state index in [9.17, 15) is 0 Å². The number of nitrogens with one attached hydrogen (secondary N) is 2. The minimum absolute atomic E-state index is 0.405. The second-order valence-electron chi connectivity index (χ2n) is 2.19. The van der Waals surface area contributed by atoms with Crippen molar-refractivity contribution in [1.82, 2.24) is 10.9 Å². The topological polar surface area (TPSA) is 58.0 Å². The van der Waals surface area contributed by atoms with Gasteiger partial charge < -0.3 is 10.2 Å². The summed E-state index contributed by atoms with van der Waals surface area (Å²) < 4.78 is 4.89. The van der Waals surface area contributed by atoms with Crippen LogP contribution in [0.25, 0.3) is 0 Å². The van der Waals surface area contributed by atoms with Crippen LogP contribution in [0.1, 0.15) is 6.92 Å². The molecule has 2 N–H and O–H groups in total. The third-order valence-electron chi connectivity index (χ3n) is 0.983. The van der Waals surface area contributed by atoms with Gasteiger partial charge in [-0.15, -0.1) is 0 Å². The van der Waals surface area contributed by atoms with E-state index in [1.165, 1.54) is 0 Å². The molecule has 6 heteroatoms. The number of hydrogen-bond donors (Lipinski definition) is 2. The summed E-state index contributed by atoms with van der Waals surface area (Å²) in [5, 5.41) is 7.76. The third-order valence-corrected chi connectivity index (χ3v) is 1.07. The van der Waals surface area contributed by atoms with Crippen LogP contribution in [0.5, 0.6) is 0 Å². The summed E-state index contributed by atoms with van der Waals surface area (Å²) in [6.45, 7) is 2.15. The van der Waals surface area contributed by atoms with E-state index in [0.717, 1.165) is 0 Å². The molecule has 0 heterocycles. The smallest absolute Gasteiger partial charge is 0.106 e. The molecule has 0 aromatic heterocycles. The highest BCUT2D eigenvalue weighted by Gasteiger charge is 1.92. The number of ether oxygens (including phenoxy) is 1. The normalized spacial score (nSPS) is 11.8. The molecule has 74 valence electrons. The maximum absolute atomic E-state index is 4.89. The Bertz CT molecular complexity index is 215. The Hall–Kier alpha value is -1.01. The van der Waals surface area contributed by atoms with Crippen LogP contribution in [0.15, 0.2) is 10.2 Å². The molecule has 0 aliphatic carbocycles. The fourth-order valence-corrected chi connectivity index (χ4v) is 0.640. The van der Waals surface area contributed by atoms with E-state index in [0.29, 0.717) is 17.3 Å². The molecule has 0 atom stereocenters. The molecule has 0 aliphatic rings. The quantitative estimate of drug-likeness (QED) is 0.378. The standard InChI is InChI=1S/C7H14N4OS/c1-6(13)10-9-4-7(5-12-3)11-8-2/h4,8H,5H2,1-3H3,(H,10,13)/b9-4-,11-7-. The van der Waals surface area contributed by atoms with Gasteiger partial charge in [0.05, 0.1) is 17.8 Å². The van der Waals surface area contributed by atoms with Crippen molar-refractivity contribution in [3.63, 3.8) is 0 Å². The Morgan fingerprint density at radius 1 is 1.62 bits per heavy atom. The molecule has 0 aliphatic heterocycles. The van der Waals surface area contributed by atoms with Crippen molar-refractivity contribution >= 4 is 29.1 Å². The van der Waals surface area contributed by atoms with E-state index in [1.54, 1.807) is 27.3 Å². The molecule has 0 unspecified atom stereocenters. The van der Waals surface area contributed by atoms with Gasteiger partial charge in [0, 0.05) is 14.2 Å². The minimum atomic E-state index is 0.405. The van der Waals surface area contributed by atoms with Gasteiger partial charge in [-0.25, -0.2) is 0 Å². The monoisotopic (exact) mass is 202 g/mol. The van der Waals surface area contributed by atoms with Crippen LogP contribution in [0.4, 0.5) is 0 Å². The number of methoxy groups -OCH3 is 1. The molecular weight excluding hydrogens is 188 g/mol. The number of hydrazone groups is 2. The molecule has 0 saturated carbocycles. The molecule has 0 bridgehead atoms. The van der Waals surface area contributed by atoms with Gasteiger partial charge in [0.1, 0.15) is 5.71 Å². The molecule has 0 rings (SSSR count). The van der Waals surface area contributed by atoms with Crippen LogP contribution in [0.2, 0.25) is 0 Å². The fraction of sp³-hybridized carbons (Fsp3) is 0.571. The molecule has 0 aromatic rings. The number of rotatable bonds is 5. The first-order chi connectivity index (χ1) is 6.20. The summed E-state index contributed by atoms with van der Waals surface area (Å²) in [7, 11) is 3.30. The Labute approximate surface area is 83.2 Å². The van der Waals surface area contributed by atoms with Gasteiger partial charge in [0.2, 0.25) is 0 Å². The lowest BCUT2D eigenvalue weighted by Gasteiger charge is -1.98. The van der Waals surface area contributed by atoms with Crippen molar-refractivity contribution in [2.75, 3.05) is 20.8 Å². The van der Waals surface area contributed by atoms with Crippen molar-refractivity contribution in [2.24, 2.45) is 10.2 Å². The Kier molecular flexibility index (Phi) is 7.04. The second kappa shape index (κ2) is 7.63. The lowest BCUT2D eigenvalue weighted by Crippen LogP contribution is -2.17. The number of hydrogen-bond acceptors (Lipinski definition) is 5. The molecule has 0 radical (unpaired) electrons. The molecular formula is C7H14N4OS. The molecule has 0 aromatic carbocycles. The zero-order valence-corrected chi connectivity index (χ0v) is 8.81. The second-order valence-corrected chi connectivity index (χ2v) is 2.80. The maximum Gasteiger partial charge on any atom is 0.106 e. The number of nitrogens with zero attached hydrogens (tertiary/aromatic N) is 2.